The van der Waals surface area contributed by atoms with Crippen LogP contribution >= 0.6 is 0 Å². The number of anilines is 1. The average molecular weight is 400 g/mol. The third kappa shape index (κ3) is 6.13. The summed E-state index contributed by atoms with van der Waals surface area (Å²) in [5.41, 5.74) is 1.02. The summed E-state index contributed by atoms with van der Waals surface area (Å²) in [5, 5.41) is 13.5. The van der Waals surface area contributed by atoms with E-state index in [0.29, 0.717) is 16.8 Å². The lowest BCUT2D eigenvalue weighted by atomic mass is 10.1. The minimum atomic E-state index is -0.678. The lowest BCUT2D eigenvalue weighted by Crippen LogP contribution is -2.21. The van der Waals surface area contributed by atoms with Crippen molar-refractivity contribution in [3.63, 3.8) is 0 Å². The van der Waals surface area contributed by atoms with Gasteiger partial charge in [0, 0.05) is 29.8 Å². The standard InChI is InChI=1S/C20H20N2O7/c1-13-10-16(22(26)27)18(28-2)11-15(13)21-19(24)12-29-20(25)9-8-17(23)14-6-4-3-5-7-14/h3-7,10-11H,8-9,12H2,1-2H3,(H,21,24). The number of carbonyl (C=O) groups is 3. The molecule has 0 saturated heterocycles. The number of hydrogen-bond donors (Lipinski definition) is 1. The number of amides is 1. The SMILES string of the molecule is COc1cc(NC(=O)COC(=O)CCC(=O)c2ccccc2)c(C)cc1[N+](=O)[O-]. The molecular weight excluding hydrogens is 380 g/mol. The molecule has 0 aliphatic rings. The van der Waals surface area contributed by atoms with Gasteiger partial charge in [-0.15, -0.1) is 0 Å². The summed E-state index contributed by atoms with van der Waals surface area (Å²) in [6.07, 6.45) is -0.172. The molecule has 0 fully saturated rings. The van der Waals surface area contributed by atoms with Crippen molar-refractivity contribution >= 4 is 29.0 Å². The zero-order valence-electron chi connectivity index (χ0n) is 16.0. The van der Waals surface area contributed by atoms with Crippen LogP contribution in [0.5, 0.6) is 5.75 Å². The number of benzene rings is 2. The van der Waals surface area contributed by atoms with Gasteiger partial charge in [0.2, 0.25) is 0 Å². The summed E-state index contributed by atoms with van der Waals surface area (Å²) >= 11 is 0. The van der Waals surface area contributed by atoms with Crippen molar-refractivity contribution in [2.24, 2.45) is 0 Å². The number of nitrogens with one attached hydrogen (secondary N) is 1. The number of methoxy groups -OCH3 is 1. The van der Waals surface area contributed by atoms with E-state index < -0.39 is 23.4 Å². The van der Waals surface area contributed by atoms with Crippen molar-refractivity contribution in [1.82, 2.24) is 0 Å². The fraction of sp³-hybridized carbons (Fsp3) is 0.250. The largest absolute Gasteiger partial charge is 0.490 e. The van der Waals surface area contributed by atoms with E-state index in [1.54, 1.807) is 37.3 Å². The lowest BCUT2D eigenvalue weighted by molar-refractivity contribution is -0.385. The van der Waals surface area contributed by atoms with Crippen LogP contribution in [0.2, 0.25) is 0 Å². The highest BCUT2D eigenvalue weighted by Crippen LogP contribution is 2.32. The molecule has 152 valence electrons. The number of ether oxygens (including phenoxy) is 2. The van der Waals surface area contributed by atoms with E-state index in [1.807, 2.05) is 0 Å². The summed E-state index contributed by atoms with van der Waals surface area (Å²) in [7, 11) is 1.28. The van der Waals surface area contributed by atoms with Crippen molar-refractivity contribution in [3.05, 3.63) is 63.7 Å². The maximum atomic E-state index is 12.0. The van der Waals surface area contributed by atoms with Crippen LogP contribution in [0.3, 0.4) is 0 Å². The Kier molecular flexibility index (Phi) is 7.41. The molecule has 0 aliphatic heterocycles. The fourth-order valence-corrected chi connectivity index (χ4v) is 2.50. The van der Waals surface area contributed by atoms with Crippen LogP contribution in [0, 0.1) is 17.0 Å². The summed E-state index contributed by atoms with van der Waals surface area (Å²) in [6, 6.07) is 11.1. The second kappa shape index (κ2) is 9.98. The van der Waals surface area contributed by atoms with Gasteiger partial charge in [-0.1, -0.05) is 30.3 Å². The molecule has 1 amide bonds. The molecule has 2 aromatic rings. The highest BCUT2D eigenvalue weighted by atomic mass is 16.6. The van der Waals surface area contributed by atoms with E-state index >= 15 is 0 Å². The van der Waals surface area contributed by atoms with Gasteiger partial charge in [-0.2, -0.15) is 0 Å². The average Bonchev–Trinajstić information content (AvgIpc) is 2.72. The highest BCUT2D eigenvalue weighted by molar-refractivity contribution is 5.98. The van der Waals surface area contributed by atoms with Crippen LogP contribution in [-0.2, 0) is 14.3 Å². The fourth-order valence-electron chi connectivity index (χ4n) is 2.50. The predicted molar refractivity (Wildman–Crippen MR) is 104 cm³/mol. The molecule has 0 heterocycles. The van der Waals surface area contributed by atoms with Gasteiger partial charge in [-0.05, 0) is 12.5 Å². The molecule has 0 radical (unpaired) electrons. The van der Waals surface area contributed by atoms with Crippen molar-refractivity contribution < 1.29 is 28.8 Å². The number of carbonyl (C=O) groups excluding carboxylic acids is 3. The normalized spacial score (nSPS) is 10.1. The first-order valence-electron chi connectivity index (χ1n) is 8.68. The second-order valence-electron chi connectivity index (χ2n) is 6.09. The first kappa shape index (κ1) is 21.5. The van der Waals surface area contributed by atoms with Crippen molar-refractivity contribution in [2.75, 3.05) is 19.0 Å². The van der Waals surface area contributed by atoms with Gasteiger partial charge in [-0.3, -0.25) is 24.5 Å². The molecule has 0 aliphatic carbocycles. The van der Waals surface area contributed by atoms with E-state index in [4.69, 9.17) is 9.47 Å². The molecule has 1 N–H and O–H groups in total. The molecule has 0 aromatic heterocycles. The third-order valence-electron chi connectivity index (χ3n) is 4.01. The molecule has 0 unspecified atom stereocenters. The summed E-state index contributed by atoms with van der Waals surface area (Å²) in [6.45, 7) is 1.04. The topological polar surface area (TPSA) is 125 Å². The molecule has 9 heteroatoms. The molecule has 29 heavy (non-hydrogen) atoms. The van der Waals surface area contributed by atoms with E-state index in [-0.39, 0.29) is 30.1 Å². The number of esters is 1. The van der Waals surface area contributed by atoms with Crippen molar-refractivity contribution in [2.45, 2.75) is 19.8 Å². The number of nitro groups is 1. The lowest BCUT2D eigenvalue weighted by Gasteiger charge is -2.11. The van der Waals surface area contributed by atoms with Crippen molar-refractivity contribution in [3.8, 4) is 5.75 Å². The van der Waals surface area contributed by atoms with Gasteiger partial charge in [0.1, 0.15) is 0 Å². The zero-order chi connectivity index (χ0) is 21.4. The van der Waals surface area contributed by atoms with Gasteiger partial charge < -0.3 is 14.8 Å². The minimum Gasteiger partial charge on any atom is -0.490 e. The van der Waals surface area contributed by atoms with E-state index in [1.165, 1.54) is 19.2 Å². The van der Waals surface area contributed by atoms with Crippen LogP contribution in [0.4, 0.5) is 11.4 Å². The minimum absolute atomic E-state index is 0.00711. The van der Waals surface area contributed by atoms with Crippen LogP contribution in [-0.4, -0.2) is 36.3 Å². The van der Waals surface area contributed by atoms with Crippen LogP contribution in [0.25, 0.3) is 0 Å². The number of hydrogen-bond acceptors (Lipinski definition) is 7. The maximum absolute atomic E-state index is 12.0. The van der Waals surface area contributed by atoms with Crippen LogP contribution < -0.4 is 10.1 Å². The van der Waals surface area contributed by atoms with Gasteiger partial charge in [0.15, 0.2) is 18.1 Å². The Balaban J connectivity index is 1.86. The molecule has 0 spiro atoms. The summed E-state index contributed by atoms with van der Waals surface area (Å²) in [4.78, 5) is 46.2. The quantitative estimate of drug-likeness (QED) is 0.297. The summed E-state index contributed by atoms with van der Waals surface area (Å²) in [5.74, 6) is -1.50. The molecular formula is C20H20N2O7. The van der Waals surface area contributed by atoms with Crippen LogP contribution in [0.1, 0.15) is 28.8 Å². The number of nitro benzene ring substituents is 1. The monoisotopic (exact) mass is 400 g/mol. The van der Waals surface area contributed by atoms with Crippen molar-refractivity contribution in [1.29, 1.82) is 0 Å². The van der Waals surface area contributed by atoms with Gasteiger partial charge in [-0.25, -0.2) is 0 Å². The molecule has 0 saturated carbocycles. The Bertz CT molecular complexity index is 926. The molecule has 2 aromatic carbocycles. The molecule has 2 rings (SSSR count). The van der Waals surface area contributed by atoms with E-state index in [9.17, 15) is 24.5 Å². The highest BCUT2D eigenvalue weighted by Gasteiger charge is 2.19. The number of aryl methyl sites for hydroxylation is 1. The van der Waals surface area contributed by atoms with Crippen LogP contribution in [0.15, 0.2) is 42.5 Å². The molecule has 9 nitrogen and oxygen atoms in total. The second-order valence-corrected chi connectivity index (χ2v) is 6.09. The number of nitrogens with zero attached hydrogens (tertiary/aromatic N) is 1. The Morgan fingerprint density at radius 1 is 1.10 bits per heavy atom. The zero-order valence-corrected chi connectivity index (χ0v) is 16.0. The summed E-state index contributed by atoms with van der Waals surface area (Å²) < 4.78 is 9.84. The Morgan fingerprint density at radius 2 is 1.79 bits per heavy atom. The first-order chi connectivity index (χ1) is 13.8. The molecule has 0 atom stereocenters. The molecule has 0 bridgehead atoms. The number of ketones is 1. The first-order valence-corrected chi connectivity index (χ1v) is 8.68. The Labute approximate surface area is 166 Å². The number of Topliss-reactive ketones (excluding diaryl/α,β-unsaturated/α-hetero) is 1. The van der Waals surface area contributed by atoms with Gasteiger partial charge in [0.25, 0.3) is 5.91 Å². The number of rotatable bonds is 9. The Morgan fingerprint density at radius 3 is 2.41 bits per heavy atom. The predicted octanol–water partition coefficient (Wildman–Crippen LogP) is 3.06. The van der Waals surface area contributed by atoms with E-state index in [0.717, 1.165) is 0 Å². The third-order valence-corrected chi connectivity index (χ3v) is 4.01. The maximum Gasteiger partial charge on any atom is 0.311 e. The Hall–Kier alpha value is -3.75. The van der Waals surface area contributed by atoms with Gasteiger partial charge in [0.05, 0.1) is 18.5 Å². The van der Waals surface area contributed by atoms with Gasteiger partial charge >= 0.3 is 11.7 Å². The smallest absolute Gasteiger partial charge is 0.311 e. The van der Waals surface area contributed by atoms with E-state index in [2.05, 4.69) is 5.32 Å².